The van der Waals surface area contributed by atoms with Gasteiger partial charge >= 0.3 is 0 Å². The lowest BCUT2D eigenvalue weighted by atomic mass is 9.87. The Hall–Kier alpha value is -2.27. The van der Waals surface area contributed by atoms with Gasteiger partial charge in [-0.05, 0) is 48.4 Å². The van der Waals surface area contributed by atoms with Crippen LogP contribution in [0.15, 0.2) is 57.5 Å². The number of nitrogens with zero attached hydrogens (tertiary/aromatic N) is 1. The number of amides is 2. The Labute approximate surface area is 186 Å². The molecule has 1 heterocycles. The molecule has 0 unspecified atom stereocenters. The van der Waals surface area contributed by atoms with Gasteiger partial charge in [-0.1, -0.05) is 51.4 Å². The zero-order valence-electron chi connectivity index (χ0n) is 15.5. The van der Waals surface area contributed by atoms with Gasteiger partial charge in [0.05, 0.1) is 22.4 Å². The topological polar surface area (TPSA) is 82.0 Å². The van der Waals surface area contributed by atoms with E-state index in [1.165, 1.54) is 0 Å². The van der Waals surface area contributed by atoms with Crippen LogP contribution in [0.4, 0.5) is 5.69 Å². The molecule has 1 aliphatic rings. The number of thioether (sulfide) groups is 1. The number of hydrogen-bond acceptors (Lipinski definition) is 4. The summed E-state index contributed by atoms with van der Waals surface area (Å²) in [5.74, 6) is -0.686. The van der Waals surface area contributed by atoms with Gasteiger partial charge in [-0.15, -0.1) is 0 Å². The molecule has 1 aliphatic heterocycles. The van der Waals surface area contributed by atoms with Crippen molar-refractivity contribution in [2.24, 2.45) is 0 Å². The number of carbonyl (C=O) groups excluding carboxylic acids is 2. The van der Waals surface area contributed by atoms with Gasteiger partial charge < -0.3 is 10.6 Å². The maximum Gasteiger partial charge on any atom is 0.234 e. The number of anilines is 1. The normalized spacial score (nSPS) is 16.2. The minimum absolute atomic E-state index is 0.0727. The number of halogens is 2. The zero-order chi connectivity index (χ0) is 21.0. The highest BCUT2D eigenvalue weighted by atomic mass is 79.9. The minimum Gasteiger partial charge on any atom is -0.325 e. The van der Waals surface area contributed by atoms with Crippen molar-refractivity contribution in [3.8, 4) is 6.07 Å². The van der Waals surface area contributed by atoms with Crippen LogP contribution in [0.5, 0.6) is 0 Å². The van der Waals surface area contributed by atoms with Gasteiger partial charge in [0.25, 0.3) is 0 Å². The van der Waals surface area contributed by atoms with Gasteiger partial charge in [0.1, 0.15) is 0 Å². The van der Waals surface area contributed by atoms with Crippen LogP contribution >= 0.6 is 39.3 Å². The van der Waals surface area contributed by atoms with Crippen molar-refractivity contribution >= 4 is 56.8 Å². The number of rotatable bonds is 5. The molecule has 29 heavy (non-hydrogen) atoms. The second-order valence-electron chi connectivity index (χ2n) is 6.51. The van der Waals surface area contributed by atoms with Gasteiger partial charge in [-0.2, -0.15) is 5.26 Å². The molecular weight excluding hydrogens is 474 g/mol. The van der Waals surface area contributed by atoms with Gasteiger partial charge in [0.2, 0.25) is 11.8 Å². The Morgan fingerprint density at radius 3 is 2.72 bits per heavy atom. The quantitative estimate of drug-likeness (QED) is 0.609. The Morgan fingerprint density at radius 2 is 2.07 bits per heavy atom. The van der Waals surface area contributed by atoms with Crippen LogP contribution in [-0.4, -0.2) is 17.6 Å². The summed E-state index contributed by atoms with van der Waals surface area (Å²) in [7, 11) is 0. The molecule has 3 rings (SSSR count). The summed E-state index contributed by atoms with van der Waals surface area (Å²) < 4.78 is 0.965. The van der Waals surface area contributed by atoms with Gasteiger partial charge in [-0.25, -0.2) is 0 Å². The van der Waals surface area contributed by atoms with E-state index in [2.05, 4.69) is 32.6 Å². The molecule has 0 saturated heterocycles. The number of nitrogens with one attached hydrogen (secondary N) is 2. The Morgan fingerprint density at radius 1 is 1.34 bits per heavy atom. The second-order valence-corrected chi connectivity index (χ2v) is 8.79. The standard InChI is InChI=1S/C21H17BrClN3O2S/c1-12-8-15(6-7-18(12)22)25-20(28)11-29-21-17(10-24)16(9-19(27)26-21)13-2-4-14(23)5-3-13/h2-8,16H,9,11H2,1H3,(H,25,28)(H,26,27)/t16-/m0/s1. The molecule has 148 valence electrons. The van der Waals surface area contributed by atoms with Crippen LogP contribution in [0.25, 0.3) is 0 Å². The van der Waals surface area contributed by atoms with E-state index in [4.69, 9.17) is 11.6 Å². The van der Waals surface area contributed by atoms with Crippen molar-refractivity contribution in [1.82, 2.24) is 5.32 Å². The van der Waals surface area contributed by atoms with E-state index < -0.39 is 0 Å². The highest BCUT2D eigenvalue weighted by Gasteiger charge is 2.29. The summed E-state index contributed by atoms with van der Waals surface area (Å²) in [6.07, 6.45) is 0.180. The molecule has 2 aromatic carbocycles. The molecule has 0 fully saturated rings. The summed E-state index contributed by atoms with van der Waals surface area (Å²) >= 11 is 10.5. The predicted octanol–water partition coefficient (Wildman–Crippen LogP) is 5.12. The number of allylic oxidation sites excluding steroid dienone is 1. The lowest BCUT2D eigenvalue weighted by Gasteiger charge is -2.25. The maximum atomic E-state index is 12.3. The molecule has 0 aliphatic carbocycles. The molecule has 5 nitrogen and oxygen atoms in total. The number of hydrogen-bond donors (Lipinski definition) is 2. The fourth-order valence-electron chi connectivity index (χ4n) is 2.97. The van der Waals surface area contributed by atoms with Crippen molar-refractivity contribution in [1.29, 1.82) is 5.26 Å². The predicted molar refractivity (Wildman–Crippen MR) is 120 cm³/mol. The summed E-state index contributed by atoms with van der Waals surface area (Å²) in [6, 6.07) is 14.8. The van der Waals surface area contributed by atoms with E-state index in [1.54, 1.807) is 18.2 Å². The molecule has 0 saturated carbocycles. The second kappa shape index (κ2) is 9.49. The van der Waals surface area contributed by atoms with Crippen molar-refractivity contribution in [2.45, 2.75) is 19.3 Å². The first-order valence-corrected chi connectivity index (χ1v) is 10.9. The third-order valence-corrected chi connectivity index (χ3v) is 6.58. The molecule has 2 N–H and O–H groups in total. The van der Waals surface area contributed by atoms with Crippen LogP contribution in [0.1, 0.15) is 23.5 Å². The highest BCUT2D eigenvalue weighted by molar-refractivity contribution is 9.10. The average Bonchev–Trinajstić information content (AvgIpc) is 2.69. The van der Waals surface area contributed by atoms with E-state index in [9.17, 15) is 14.9 Å². The smallest absolute Gasteiger partial charge is 0.234 e. The largest absolute Gasteiger partial charge is 0.325 e. The van der Waals surface area contributed by atoms with E-state index >= 15 is 0 Å². The molecular formula is C21H17BrClN3O2S. The van der Waals surface area contributed by atoms with Crippen molar-refractivity contribution in [2.75, 3.05) is 11.1 Å². The van der Waals surface area contributed by atoms with E-state index in [-0.39, 0.29) is 29.9 Å². The molecule has 8 heteroatoms. The molecule has 2 amide bonds. The first-order valence-electron chi connectivity index (χ1n) is 8.75. The molecule has 2 aromatic rings. The SMILES string of the molecule is Cc1cc(NC(=O)CSC2=C(C#N)[C@H](c3ccc(Cl)cc3)CC(=O)N2)ccc1Br. The van der Waals surface area contributed by atoms with Crippen molar-refractivity contribution < 1.29 is 9.59 Å². The maximum absolute atomic E-state index is 12.3. The number of aryl methyl sites for hydroxylation is 1. The fraction of sp³-hybridized carbons (Fsp3) is 0.190. The third kappa shape index (κ3) is 5.41. The van der Waals surface area contributed by atoms with E-state index in [1.807, 2.05) is 31.2 Å². The van der Waals surface area contributed by atoms with Crippen LogP contribution < -0.4 is 10.6 Å². The molecule has 0 radical (unpaired) electrons. The van der Waals surface area contributed by atoms with E-state index in [0.717, 1.165) is 27.4 Å². The fourth-order valence-corrected chi connectivity index (χ4v) is 4.22. The molecule has 0 bridgehead atoms. The lowest BCUT2D eigenvalue weighted by molar-refractivity contribution is -0.121. The Bertz CT molecular complexity index is 1030. The number of benzene rings is 2. The van der Waals surface area contributed by atoms with Crippen molar-refractivity contribution in [3.63, 3.8) is 0 Å². The van der Waals surface area contributed by atoms with Crippen LogP contribution in [-0.2, 0) is 9.59 Å². The summed E-state index contributed by atoms with van der Waals surface area (Å²) in [5.41, 5.74) is 2.99. The average molecular weight is 491 g/mol. The van der Waals surface area contributed by atoms with E-state index in [0.29, 0.717) is 21.3 Å². The molecule has 0 aromatic heterocycles. The summed E-state index contributed by atoms with van der Waals surface area (Å²) in [5, 5.41) is 16.3. The van der Waals surface area contributed by atoms with Crippen LogP contribution in [0.2, 0.25) is 5.02 Å². The van der Waals surface area contributed by atoms with Gasteiger partial charge in [0, 0.05) is 27.5 Å². The monoisotopic (exact) mass is 489 g/mol. The zero-order valence-corrected chi connectivity index (χ0v) is 18.6. The van der Waals surface area contributed by atoms with Gasteiger partial charge in [-0.3, -0.25) is 9.59 Å². The highest BCUT2D eigenvalue weighted by Crippen LogP contribution is 2.36. The number of carbonyl (C=O) groups is 2. The molecule has 1 atom stereocenters. The Balaban J connectivity index is 1.74. The first-order chi connectivity index (χ1) is 13.9. The summed E-state index contributed by atoms with van der Waals surface area (Å²) in [4.78, 5) is 24.5. The summed E-state index contributed by atoms with van der Waals surface area (Å²) in [6.45, 7) is 1.94. The van der Waals surface area contributed by atoms with Gasteiger partial charge in [0.15, 0.2) is 0 Å². The van der Waals surface area contributed by atoms with Crippen LogP contribution in [0.3, 0.4) is 0 Å². The lowest BCUT2D eigenvalue weighted by Crippen LogP contribution is -2.31. The minimum atomic E-state index is -0.356. The van der Waals surface area contributed by atoms with Crippen LogP contribution in [0, 0.1) is 18.3 Å². The molecule has 0 spiro atoms. The van der Waals surface area contributed by atoms with Crippen molar-refractivity contribution in [3.05, 3.63) is 73.7 Å². The number of nitriles is 1. The first kappa shape index (κ1) is 21.4. The Kier molecular flexibility index (Phi) is 7.01. The third-order valence-electron chi connectivity index (χ3n) is 4.42.